The Hall–Kier alpha value is -2.73. The van der Waals surface area contributed by atoms with Crippen LogP contribution in [0.2, 0.25) is 5.02 Å². The summed E-state index contributed by atoms with van der Waals surface area (Å²) in [6.07, 6.45) is 2.45. The third kappa shape index (κ3) is 4.48. The molecule has 1 amide bonds. The maximum absolute atomic E-state index is 13.5. The number of benzodiazepines with no additional fused rings is 1. The zero-order valence-electron chi connectivity index (χ0n) is 16.8. The molecule has 3 rings (SSSR count). The molecular weight excluding hydrogens is 390 g/mol. The zero-order chi connectivity index (χ0) is 21.0. The van der Waals surface area contributed by atoms with Crippen LogP contribution in [0.3, 0.4) is 0 Å². The molecule has 0 N–H and O–H groups in total. The lowest BCUT2D eigenvalue weighted by Gasteiger charge is -2.26. The highest BCUT2D eigenvalue weighted by Gasteiger charge is 2.36. The molecule has 1 aromatic heterocycles. The van der Waals surface area contributed by atoms with Crippen LogP contribution in [0.4, 0.5) is 5.69 Å². The van der Waals surface area contributed by atoms with E-state index in [0.717, 1.165) is 6.42 Å². The van der Waals surface area contributed by atoms with Gasteiger partial charge in [0.15, 0.2) is 0 Å². The van der Waals surface area contributed by atoms with Gasteiger partial charge in [0.25, 0.3) is 5.91 Å². The molecule has 0 spiro atoms. The molecule has 1 aliphatic heterocycles. The number of benzene rings is 1. The highest BCUT2D eigenvalue weighted by atomic mass is 35.5. The number of aromatic nitrogens is 1. The molecule has 152 valence electrons. The van der Waals surface area contributed by atoms with E-state index in [0.29, 0.717) is 27.7 Å². The quantitative estimate of drug-likeness (QED) is 0.673. The second-order valence-corrected chi connectivity index (χ2v) is 7.35. The number of esters is 1. The van der Waals surface area contributed by atoms with Gasteiger partial charge in [0, 0.05) is 16.8 Å². The van der Waals surface area contributed by atoms with Gasteiger partial charge in [0.1, 0.15) is 12.6 Å². The number of anilines is 1. The van der Waals surface area contributed by atoms with Crippen LogP contribution < -0.4 is 4.90 Å². The Balaban J connectivity index is 2.21. The van der Waals surface area contributed by atoms with Crippen molar-refractivity contribution in [3.05, 3.63) is 58.9 Å². The van der Waals surface area contributed by atoms with E-state index in [4.69, 9.17) is 21.3 Å². The predicted molar refractivity (Wildman–Crippen MR) is 114 cm³/mol. The Labute approximate surface area is 175 Å². The first-order valence-corrected chi connectivity index (χ1v) is 10.1. The van der Waals surface area contributed by atoms with Crippen molar-refractivity contribution in [1.29, 1.82) is 0 Å². The standard InChI is InChI=1S/C22H24ClN3O3/c1-4-14(3)20-22(28)26(13-19(27)29-5-2)18-10-9-15(23)12-16(18)21(25-20)17-8-6-7-11-24-17/h6-12,14,20H,4-5,13H2,1-3H3/t14-,20-/m0/s1. The number of halogens is 1. The molecule has 0 bridgehead atoms. The van der Waals surface area contributed by atoms with Crippen molar-refractivity contribution in [2.24, 2.45) is 10.9 Å². The van der Waals surface area contributed by atoms with E-state index in [-0.39, 0.29) is 25.0 Å². The lowest BCUT2D eigenvalue weighted by Crippen LogP contribution is -2.43. The van der Waals surface area contributed by atoms with Gasteiger partial charge in [-0.3, -0.25) is 24.5 Å². The molecular formula is C22H24ClN3O3. The van der Waals surface area contributed by atoms with Gasteiger partial charge in [-0.25, -0.2) is 0 Å². The summed E-state index contributed by atoms with van der Waals surface area (Å²) in [6.45, 7) is 5.80. The average molecular weight is 414 g/mol. The van der Waals surface area contributed by atoms with Crippen molar-refractivity contribution in [1.82, 2.24) is 4.98 Å². The van der Waals surface area contributed by atoms with Gasteiger partial charge < -0.3 is 4.74 Å². The van der Waals surface area contributed by atoms with E-state index >= 15 is 0 Å². The Morgan fingerprint density at radius 2 is 2.07 bits per heavy atom. The smallest absolute Gasteiger partial charge is 0.326 e. The molecule has 2 atom stereocenters. The van der Waals surface area contributed by atoms with Crippen molar-refractivity contribution >= 4 is 34.9 Å². The molecule has 0 radical (unpaired) electrons. The van der Waals surface area contributed by atoms with Gasteiger partial charge in [0.05, 0.1) is 23.7 Å². The van der Waals surface area contributed by atoms with Gasteiger partial charge in [-0.1, -0.05) is 37.9 Å². The SMILES string of the molecule is CCOC(=O)CN1C(=O)[C@H]([C@@H](C)CC)N=C(c2ccccn2)c2cc(Cl)ccc21. The fourth-order valence-electron chi connectivity index (χ4n) is 3.28. The summed E-state index contributed by atoms with van der Waals surface area (Å²) in [6, 6.07) is 10.1. The predicted octanol–water partition coefficient (Wildman–Crippen LogP) is 3.90. The number of hydrogen-bond acceptors (Lipinski definition) is 5. The molecule has 0 aliphatic carbocycles. The largest absolute Gasteiger partial charge is 0.465 e. The highest BCUT2D eigenvalue weighted by Crippen LogP contribution is 2.32. The van der Waals surface area contributed by atoms with E-state index in [1.54, 1.807) is 31.3 Å². The van der Waals surface area contributed by atoms with Gasteiger partial charge in [0.2, 0.25) is 0 Å². The summed E-state index contributed by atoms with van der Waals surface area (Å²) in [4.78, 5) is 36.5. The Bertz CT molecular complexity index is 930. The number of aliphatic imine (C=N–C) groups is 1. The molecule has 0 fully saturated rings. The number of hydrogen-bond donors (Lipinski definition) is 0. The van der Waals surface area contributed by atoms with Crippen molar-refractivity contribution < 1.29 is 14.3 Å². The Morgan fingerprint density at radius 3 is 2.72 bits per heavy atom. The van der Waals surface area contributed by atoms with Crippen LogP contribution in [0, 0.1) is 5.92 Å². The molecule has 2 heterocycles. The van der Waals surface area contributed by atoms with Crippen LogP contribution in [-0.4, -0.2) is 41.8 Å². The van der Waals surface area contributed by atoms with E-state index < -0.39 is 12.0 Å². The number of pyridine rings is 1. The lowest BCUT2D eigenvalue weighted by molar-refractivity contribution is -0.142. The summed E-state index contributed by atoms with van der Waals surface area (Å²) in [5, 5.41) is 0.512. The second-order valence-electron chi connectivity index (χ2n) is 6.91. The van der Waals surface area contributed by atoms with Crippen LogP contribution in [0.25, 0.3) is 0 Å². The molecule has 29 heavy (non-hydrogen) atoms. The molecule has 0 saturated heterocycles. The normalized spacial score (nSPS) is 17.2. The van der Waals surface area contributed by atoms with Crippen LogP contribution >= 0.6 is 11.6 Å². The molecule has 1 aromatic carbocycles. The number of rotatable bonds is 6. The monoisotopic (exact) mass is 413 g/mol. The fraction of sp³-hybridized carbons (Fsp3) is 0.364. The first-order chi connectivity index (χ1) is 14.0. The number of carbonyl (C=O) groups is 2. The third-order valence-electron chi connectivity index (χ3n) is 4.97. The molecule has 0 saturated carbocycles. The van der Waals surface area contributed by atoms with Gasteiger partial charge in [-0.15, -0.1) is 0 Å². The maximum Gasteiger partial charge on any atom is 0.326 e. The number of amides is 1. The number of carbonyl (C=O) groups excluding carboxylic acids is 2. The second kappa shape index (κ2) is 9.18. The number of fused-ring (bicyclic) bond motifs is 1. The average Bonchev–Trinajstić information content (AvgIpc) is 2.83. The Kier molecular flexibility index (Phi) is 6.64. The molecule has 6 nitrogen and oxygen atoms in total. The van der Waals surface area contributed by atoms with Crippen LogP contribution in [0.5, 0.6) is 0 Å². The maximum atomic E-state index is 13.5. The summed E-state index contributed by atoms with van der Waals surface area (Å²) in [7, 11) is 0. The molecule has 1 aliphatic rings. The van der Waals surface area contributed by atoms with Crippen LogP contribution in [0.1, 0.15) is 38.4 Å². The number of ether oxygens (including phenoxy) is 1. The molecule has 0 unspecified atom stereocenters. The Morgan fingerprint density at radius 1 is 1.28 bits per heavy atom. The molecule has 2 aromatic rings. The van der Waals surface area contributed by atoms with Crippen molar-refractivity contribution in [3.8, 4) is 0 Å². The van der Waals surface area contributed by atoms with Crippen LogP contribution in [0.15, 0.2) is 47.6 Å². The summed E-state index contributed by atoms with van der Waals surface area (Å²) in [5.41, 5.74) is 2.48. The minimum Gasteiger partial charge on any atom is -0.465 e. The zero-order valence-corrected chi connectivity index (χ0v) is 17.5. The van der Waals surface area contributed by atoms with E-state index in [1.165, 1.54) is 4.90 Å². The van der Waals surface area contributed by atoms with Crippen molar-refractivity contribution in [2.45, 2.75) is 33.2 Å². The summed E-state index contributed by atoms with van der Waals surface area (Å²) >= 11 is 6.28. The first kappa shape index (κ1) is 21.0. The first-order valence-electron chi connectivity index (χ1n) is 9.72. The third-order valence-corrected chi connectivity index (χ3v) is 5.21. The van der Waals surface area contributed by atoms with E-state index in [9.17, 15) is 9.59 Å². The number of nitrogens with zero attached hydrogens (tertiary/aromatic N) is 3. The summed E-state index contributed by atoms with van der Waals surface area (Å²) < 4.78 is 5.10. The summed E-state index contributed by atoms with van der Waals surface area (Å²) in [5.74, 6) is -0.719. The van der Waals surface area contributed by atoms with E-state index in [1.807, 2.05) is 32.0 Å². The topological polar surface area (TPSA) is 71.9 Å². The van der Waals surface area contributed by atoms with Crippen molar-refractivity contribution in [2.75, 3.05) is 18.1 Å². The lowest BCUT2D eigenvalue weighted by atomic mass is 9.98. The fourth-order valence-corrected chi connectivity index (χ4v) is 3.45. The van der Waals surface area contributed by atoms with Gasteiger partial charge in [-0.2, -0.15) is 0 Å². The van der Waals surface area contributed by atoms with Crippen molar-refractivity contribution in [3.63, 3.8) is 0 Å². The minimum absolute atomic E-state index is 0.0179. The molecule has 7 heteroatoms. The van der Waals surface area contributed by atoms with Gasteiger partial charge in [-0.05, 0) is 43.2 Å². The minimum atomic E-state index is -0.641. The van der Waals surface area contributed by atoms with Crippen LogP contribution in [-0.2, 0) is 14.3 Å². The highest BCUT2D eigenvalue weighted by molar-refractivity contribution is 6.32. The van der Waals surface area contributed by atoms with Gasteiger partial charge >= 0.3 is 5.97 Å². The van der Waals surface area contributed by atoms with E-state index in [2.05, 4.69) is 4.98 Å².